The van der Waals surface area contributed by atoms with E-state index in [4.69, 9.17) is 5.26 Å². The van der Waals surface area contributed by atoms with Gasteiger partial charge in [-0.2, -0.15) is 5.26 Å². The highest BCUT2D eigenvalue weighted by Crippen LogP contribution is 2.21. The molecule has 0 aliphatic carbocycles. The van der Waals surface area contributed by atoms with Crippen LogP contribution in [0.3, 0.4) is 0 Å². The zero-order chi connectivity index (χ0) is 13.4. The van der Waals surface area contributed by atoms with E-state index in [1.165, 1.54) is 22.7 Å². The van der Waals surface area contributed by atoms with Crippen LogP contribution in [-0.2, 0) is 4.79 Å². The van der Waals surface area contributed by atoms with Crippen LogP contribution in [-0.4, -0.2) is 30.2 Å². The van der Waals surface area contributed by atoms with Gasteiger partial charge >= 0.3 is 0 Å². The fraction of sp³-hybridized carbons (Fsp3) is 0.385. The largest absolute Gasteiger partial charge is 0.345 e. The van der Waals surface area contributed by atoms with Gasteiger partial charge in [0.25, 0.3) is 0 Å². The number of nitriles is 1. The predicted molar refractivity (Wildman–Crippen MR) is 69.6 cm³/mol. The normalized spacial score (nSPS) is 9.83. The van der Waals surface area contributed by atoms with Gasteiger partial charge in [0.2, 0.25) is 5.91 Å². The Hall–Kier alpha value is -1.54. The molecule has 0 heterocycles. The fourth-order valence-electron chi connectivity index (χ4n) is 1.34. The molecule has 0 saturated carbocycles. The van der Waals surface area contributed by atoms with Gasteiger partial charge in [-0.05, 0) is 12.1 Å². The molecule has 0 fully saturated rings. The standard InChI is InChI=1S/C13H15FN2OS/c1-16(9-4-8-15)13(17)7-10-18-12-6-3-2-5-11(12)14/h2-3,5-6H,4,7,9-10H2,1H3. The van der Waals surface area contributed by atoms with E-state index in [1.54, 1.807) is 25.2 Å². The molecule has 0 N–H and O–H groups in total. The summed E-state index contributed by atoms with van der Waals surface area (Å²) in [6, 6.07) is 8.51. The second-order valence-electron chi connectivity index (χ2n) is 3.75. The smallest absolute Gasteiger partial charge is 0.223 e. The van der Waals surface area contributed by atoms with Gasteiger partial charge in [-0.3, -0.25) is 4.79 Å². The highest BCUT2D eigenvalue weighted by Gasteiger charge is 2.09. The van der Waals surface area contributed by atoms with Gasteiger partial charge < -0.3 is 4.90 Å². The van der Waals surface area contributed by atoms with Crippen molar-refractivity contribution < 1.29 is 9.18 Å². The van der Waals surface area contributed by atoms with Gasteiger partial charge in [-0.15, -0.1) is 11.8 Å². The minimum absolute atomic E-state index is 0.0194. The second-order valence-corrected chi connectivity index (χ2v) is 4.89. The summed E-state index contributed by atoms with van der Waals surface area (Å²) in [5.74, 6) is 0.262. The first-order valence-electron chi connectivity index (χ1n) is 5.63. The lowest BCUT2D eigenvalue weighted by Crippen LogP contribution is -2.27. The van der Waals surface area contributed by atoms with Crippen molar-refractivity contribution in [3.8, 4) is 6.07 Å². The highest BCUT2D eigenvalue weighted by molar-refractivity contribution is 7.99. The maximum Gasteiger partial charge on any atom is 0.223 e. The molecule has 0 aliphatic rings. The van der Waals surface area contributed by atoms with Crippen LogP contribution in [0.5, 0.6) is 0 Å². The number of hydrogen-bond donors (Lipinski definition) is 0. The van der Waals surface area contributed by atoms with Crippen molar-refractivity contribution in [2.75, 3.05) is 19.3 Å². The SMILES string of the molecule is CN(CCC#N)C(=O)CCSc1ccccc1F. The number of hydrogen-bond acceptors (Lipinski definition) is 3. The van der Waals surface area contributed by atoms with Crippen LogP contribution < -0.4 is 0 Å². The van der Waals surface area contributed by atoms with E-state index in [9.17, 15) is 9.18 Å². The number of rotatable bonds is 6. The minimum atomic E-state index is -0.257. The third-order valence-electron chi connectivity index (χ3n) is 2.39. The first-order valence-corrected chi connectivity index (χ1v) is 6.62. The molecule has 1 rings (SSSR count). The van der Waals surface area contributed by atoms with E-state index < -0.39 is 0 Å². The number of benzene rings is 1. The molecule has 1 aromatic carbocycles. The summed E-state index contributed by atoms with van der Waals surface area (Å²) in [4.78, 5) is 13.7. The molecule has 0 bridgehead atoms. The molecule has 0 spiro atoms. The minimum Gasteiger partial charge on any atom is -0.345 e. The zero-order valence-corrected chi connectivity index (χ0v) is 11.0. The molecular weight excluding hydrogens is 251 g/mol. The number of carbonyl (C=O) groups excluding carboxylic acids is 1. The lowest BCUT2D eigenvalue weighted by atomic mass is 10.3. The molecule has 18 heavy (non-hydrogen) atoms. The van der Waals surface area contributed by atoms with Crippen LogP contribution in [0.2, 0.25) is 0 Å². The molecule has 1 aromatic rings. The molecule has 3 nitrogen and oxygen atoms in total. The van der Waals surface area contributed by atoms with Crippen LogP contribution in [0.4, 0.5) is 4.39 Å². The van der Waals surface area contributed by atoms with Crippen LogP contribution in [0.1, 0.15) is 12.8 Å². The van der Waals surface area contributed by atoms with Crippen molar-refractivity contribution >= 4 is 17.7 Å². The maximum atomic E-state index is 13.3. The quantitative estimate of drug-likeness (QED) is 0.744. The summed E-state index contributed by atoms with van der Waals surface area (Å²) in [7, 11) is 1.67. The number of nitrogens with zero attached hydrogens (tertiary/aromatic N) is 2. The Kier molecular flexibility index (Phi) is 6.23. The Morgan fingerprint density at radius 3 is 2.89 bits per heavy atom. The molecule has 0 saturated heterocycles. The fourth-order valence-corrected chi connectivity index (χ4v) is 2.22. The number of halogens is 1. The first-order chi connectivity index (χ1) is 8.65. The first kappa shape index (κ1) is 14.5. The molecule has 0 aromatic heterocycles. The third-order valence-corrected chi connectivity index (χ3v) is 3.45. The summed E-state index contributed by atoms with van der Waals surface area (Å²) in [6.45, 7) is 0.444. The third kappa shape index (κ3) is 4.76. The van der Waals surface area contributed by atoms with E-state index in [0.717, 1.165) is 0 Å². The van der Waals surface area contributed by atoms with Gasteiger partial charge in [0.15, 0.2) is 0 Å². The van der Waals surface area contributed by atoms with Crippen LogP contribution >= 0.6 is 11.8 Å². The highest BCUT2D eigenvalue weighted by atomic mass is 32.2. The van der Waals surface area contributed by atoms with Crippen molar-refractivity contribution in [1.29, 1.82) is 5.26 Å². The lowest BCUT2D eigenvalue weighted by Gasteiger charge is -2.15. The van der Waals surface area contributed by atoms with Crippen molar-refractivity contribution in [2.24, 2.45) is 0 Å². The van der Waals surface area contributed by atoms with Gasteiger partial charge in [-0.1, -0.05) is 12.1 Å². The summed E-state index contributed by atoms with van der Waals surface area (Å²) in [6.07, 6.45) is 0.684. The van der Waals surface area contributed by atoms with Crippen molar-refractivity contribution in [2.45, 2.75) is 17.7 Å². The molecular formula is C13H15FN2OS. The average molecular weight is 266 g/mol. The topological polar surface area (TPSA) is 44.1 Å². The van der Waals surface area contributed by atoms with Gasteiger partial charge in [0.05, 0.1) is 12.5 Å². The van der Waals surface area contributed by atoms with Gasteiger partial charge in [0, 0.05) is 30.7 Å². The molecule has 5 heteroatoms. The van der Waals surface area contributed by atoms with E-state index in [2.05, 4.69) is 0 Å². The Morgan fingerprint density at radius 2 is 2.22 bits per heavy atom. The number of amides is 1. The maximum absolute atomic E-state index is 13.3. The Bertz CT molecular complexity index is 445. The van der Waals surface area contributed by atoms with Crippen molar-refractivity contribution in [3.63, 3.8) is 0 Å². The van der Waals surface area contributed by atoms with Crippen LogP contribution in [0, 0.1) is 17.1 Å². The monoisotopic (exact) mass is 266 g/mol. The number of carbonyl (C=O) groups is 1. The Labute approximate surface area is 111 Å². The van der Waals surface area contributed by atoms with E-state index >= 15 is 0 Å². The average Bonchev–Trinajstić information content (AvgIpc) is 2.38. The van der Waals surface area contributed by atoms with Gasteiger partial charge in [-0.25, -0.2) is 4.39 Å². The van der Waals surface area contributed by atoms with Crippen LogP contribution in [0.25, 0.3) is 0 Å². The van der Waals surface area contributed by atoms with E-state index in [0.29, 0.717) is 30.0 Å². The van der Waals surface area contributed by atoms with E-state index in [1.807, 2.05) is 6.07 Å². The summed E-state index contributed by atoms with van der Waals surface area (Å²) in [5.41, 5.74) is 0. The second kappa shape index (κ2) is 7.72. The zero-order valence-electron chi connectivity index (χ0n) is 10.2. The van der Waals surface area contributed by atoms with Gasteiger partial charge in [0.1, 0.15) is 5.82 Å². The molecule has 0 radical (unpaired) electrons. The molecule has 0 unspecified atom stereocenters. The molecule has 1 amide bonds. The van der Waals surface area contributed by atoms with E-state index in [-0.39, 0.29) is 11.7 Å². The van der Waals surface area contributed by atoms with Crippen LogP contribution in [0.15, 0.2) is 29.2 Å². The van der Waals surface area contributed by atoms with Crippen molar-refractivity contribution in [1.82, 2.24) is 4.90 Å². The molecule has 96 valence electrons. The summed E-state index contributed by atoms with van der Waals surface area (Å²) in [5, 5.41) is 8.42. The molecule has 0 aliphatic heterocycles. The Morgan fingerprint density at radius 1 is 1.50 bits per heavy atom. The molecule has 0 atom stereocenters. The summed E-state index contributed by atoms with van der Waals surface area (Å²) >= 11 is 1.33. The predicted octanol–water partition coefficient (Wildman–Crippen LogP) is 2.68. The lowest BCUT2D eigenvalue weighted by molar-refractivity contribution is -0.129. The summed E-state index contributed by atoms with van der Waals surface area (Å²) < 4.78 is 13.3. The van der Waals surface area contributed by atoms with Crippen molar-refractivity contribution in [3.05, 3.63) is 30.1 Å². The Balaban J connectivity index is 2.32. The number of thioether (sulfide) groups is 1.